The zero-order valence-electron chi connectivity index (χ0n) is 15.5. The molecule has 0 amide bonds. The van der Waals surface area contributed by atoms with Crippen molar-refractivity contribution in [3.05, 3.63) is 82.6 Å². The van der Waals surface area contributed by atoms with Gasteiger partial charge in [0.1, 0.15) is 5.75 Å². The van der Waals surface area contributed by atoms with Crippen LogP contribution in [0, 0.1) is 0 Å². The minimum Gasteiger partial charge on any atom is -0.494 e. The van der Waals surface area contributed by atoms with Gasteiger partial charge in [0.15, 0.2) is 0 Å². The Morgan fingerprint density at radius 3 is 2.43 bits per heavy atom. The number of rotatable bonds is 5. The van der Waals surface area contributed by atoms with Crippen molar-refractivity contribution in [1.82, 2.24) is 8.87 Å². The summed E-state index contributed by atoms with van der Waals surface area (Å²) in [5.74, 6) is 0.778. The lowest BCUT2D eigenvalue weighted by Gasteiger charge is -2.36. The average Bonchev–Trinajstić information content (AvgIpc) is 3.17. The molecule has 0 bridgehead atoms. The van der Waals surface area contributed by atoms with Gasteiger partial charge in [0.05, 0.1) is 17.5 Å². The fraction of sp³-hybridized carbons (Fsp3) is 0.238. The van der Waals surface area contributed by atoms with Gasteiger partial charge in [-0.25, -0.2) is 8.42 Å². The second-order valence-corrected chi connectivity index (χ2v) is 9.41. The van der Waals surface area contributed by atoms with Gasteiger partial charge in [-0.3, -0.25) is 0 Å². The van der Waals surface area contributed by atoms with Gasteiger partial charge < -0.3 is 9.30 Å². The Morgan fingerprint density at radius 1 is 1.04 bits per heavy atom. The molecule has 1 aliphatic rings. The van der Waals surface area contributed by atoms with Gasteiger partial charge in [-0.05, 0) is 61.0 Å². The Bertz CT molecular complexity index is 1060. The summed E-state index contributed by atoms with van der Waals surface area (Å²) >= 11 is 3.37. The smallest absolute Gasteiger partial charge is 0.244 e. The lowest BCUT2D eigenvalue weighted by molar-refractivity contribution is 0.298. The third kappa shape index (κ3) is 3.50. The van der Waals surface area contributed by atoms with Crippen LogP contribution in [-0.4, -0.2) is 30.4 Å². The first-order valence-corrected chi connectivity index (χ1v) is 11.4. The minimum absolute atomic E-state index is 0.298. The van der Waals surface area contributed by atoms with Gasteiger partial charge in [-0.15, -0.1) is 0 Å². The van der Waals surface area contributed by atoms with Gasteiger partial charge in [0.2, 0.25) is 10.0 Å². The van der Waals surface area contributed by atoms with Crippen molar-refractivity contribution in [1.29, 1.82) is 0 Å². The second-order valence-electron chi connectivity index (χ2n) is 6.60. The summed E-state index contributed by atoms with van der Waals surface area (Å²) in [5.41, 5.74) is 1.89. The second kappa shape index (κ2) is 7.73. The van der Waals surface area contributed by atoms with Crippen LogP contribution in [0.3, 0.4) is 0 Å². The normalized spacial score (nSPS) is 17.3. The van der Waals surface area contributed by atoms with Crippen molar-refractivity contribution in [3.63, 3.8) is 0 Å². The Balaban J connectivity index is 1.78. The molecule has 2 aromatic carbocycles. The van der Waals surface area contributed by atoms with E-state index in [0.29, 0.717) is 24.6 Å². The van der Waals surface area contributed by atoms with Crippen LogP contribution in [0.15, 0.2) is 76.2 Å². The number of hydrogen-bond donors (Lipinski definition) is 0. The number of aromatic nitrogens is 1. The Labute approximate surface area is 173 Å². The topological polar surface area (TPSA) is 51.5 Å². The van der Waals surface area contributed by atoms with Crippen molar-refractivity contribution in [2.75, 3.05) is 13.2 Å². The van der Waals surface area contributed by atoms with Crippen LogP contribution in [0.1, 0.15) is 24.2 Å². The van der Waals surface area contributed by atoms with Gasteiger partial charge in [0.25, 0.3) is 0 Å². The third-order valence-electron chi connectivity index (χ3n) is 4.92. The molecule has 1 aliphatic heterocycles. The standard InChI is InChI=1S/C21H21BrN2O3S/c1-2-27-18-9-5-16(6-10-18)21-20-4-3-13-23(20)14-15-24(21)28(25,26)19-11-7-17(22)8-12-19/h3-13,21H,2,14-15H2,1H3. The molecule has 0 N–H and O–H groups in total. The number of sulfonamides is 1. The maximum Gasteiger partial charge on any atom is 0.244 e. The molecule has 0 aliphatic carbocycles. The zero-order valence-corrected chi connectivity index (χ0v) is 17.9. The summed E-state index contributed by atoms with van der Waals surface area (Å²) in [7, 11) is -3.65. The minimum atomic E-state index is -3.65. The molecule has 2 heterocycles. The van der Waals surface area contributed by atoms with E-state index >= 15 is 0 Å². The lowest BCUT2D eigenvalue weighted by Crippen LogP contribution is -2.42. The van der Waals surface area contributed by atoms with Crippen molar-refractivity contribution in [2.24, 2.45) is 0 Å². The van der Waals surface area contributed by atoms with Crippen LogP contribution in [0.4, 0.5) is 0 Å². The summed E-state index contributed by atoms with van der Waals surface area (Å²) in [5, 5.41) is 0. The fourth-order valence-corrected chi connectivity index (χ4v) is 5.46. The number of hydrogen-bond acceptors (Lipinski definition) is 3. The van der Waals surface area contributed by atoms with E-state index in [0.717, 1.165) is 21.5 Å². The first kappa shape index (κ1) is 19.2. The SMILES string of the molecule is CCOc1ccc(C2c3cccn3CCN2S(=O)(=O)c2ccc(Br)cc2)cc1. The highest BCUT2D eigenvalue weighted by molar-refractivity contribution is 9.10. The number of ether oxygens (including phenoxy) is 1. The molecule has 0 fully saturated rings. The Morgan fingerprint density at radius 2 is 1.75 bits per heavy atom. The summed E-state index contributed by atoms with van der Waals surface area (Å²) in [4.78, 5) is 0.298. The van der Waals surface area contributed by atoms with Gasteiger partial charge >= 0.3 is 0 Å². The predicted octanol–water partition coefficient (Wildman–Crippen LogP) is 4.44. The third-order valence-corrected chi connectivity index (χ3v) is 7.33. The number of benzene rings is 2. The van der Waals surface area contributed by atoms with Crippen LogP contribution < -0.4 is 4.74 Å². The predicted molar refractivity (Wildman–Crippen MR) is 112 cm³/mol. The largest absolute Gasteiger partial charge is 0.494 e. The van der Waals surface area contributed by atoms with Crippen molar-refractivity contribution < 1.29 is 13.2 Å². The van der Waals surface area contributed by atoms with Crippen LogP contribution in [0.2, 0.25) is 0 Å². The van der Waals surface area contributed by atoms with Crippen molar-refractivity contribution in [3.8, 4) is 5.75 Å². The molecular weight excluding hydrogens is 440 g/mol. The Hall–Kier alpha value is -2.09. The molecule has 1 atom stereocenters. The number of fused-ring (bicyclic) bond motifs is 1. The van der Waals surface area contributed by atoms with Crippen LogP contribution in [0.5, 0.6) is 5.75 Å². The number of nitrogens with zero attached hydrogens (tertiary/aromatic N) is 2. The molecule has 5 nitrogen and oxygen atoms in total. The summed E-state index contributed by atoms with van der Waals surface area (Å²) in [6.45, 7) is 3.58. The van der Waals surface area contributed by atoms with Crippen LogP contribution >= 0.6 is 15.9 Å². The quantitative estimate of drug-likeness (QED) is 0.565. The average molecular weight is 461 g/mol. The van der Waals surface area contributed by atoms with E-state index in [1.165, 1.54) is 0 Å². The molecule has 0 saturated heterocycles. The summed E-state index contributed by atoms with van der Waals surface area (Å²) in [6, 6.07) is 18.0. The highest BCUT2D eigenvalue weighted by Gasteiger charge is 2.37. The maximum atomic E-state index is 13.5. The van der Waals surface area contributed by atoms with E-state index in [9.17, 15) is 8.42 Å². The van der Waals surface area contributed by atoms with Gasteiger partial charge in [-0.1, -0.05) is 28.1 Å². The van der Waals surface area contributed by atoms with Crippen LogP contribution in [-0.2, 0) is 16.6 Å². The van der Waals surface area contributed by atoms with Crippen LogP contribution in [0.25, 0.3) is 0 Å². The van der Waals surface area contributed by atoms with Gasteiger partial charge in [-0.2, -0.15) is 4.31 Å². The molecule has 28 heavy (non-hydrogen) atoms. The van der Waals surface area contributed by atoms with Crippen molar-refractivity contribution >= 4 is 26.0 Å². The van der Waals surface area contributed by atoms with E-state index in [2.05, 4.69) is 20.5 Å². The Kier molecular flexibility index (Phi) is 5.31. The maximum absolute atomic E-state index is 13.5. The van der Waals surface area contributed by atoms with E-state index in [4.69, 9.17) is 4.74 Å². The fourth-order valence-electron chi connectivity index (χ4n) is 3.61. The highest BCUT2D eigenvalue weighted by atomic mass is 79.9. The molecule has 0 saturated carbocycles. The molecule has 0 radical (unpaired) electrons. The van der Waals surface area contributed by atoms with E-state index < -0.39 is 10.0 Å². The molecular formula is C21H21BrN2O3S. The first-order chi connectivity index (χ1) is 13.5. The molecule has 3 aromatic rings. The summed E-state index contributed by atoms with van der Waals surface area (Å²) in [6.07, 6.45) is 2.00. The van der Waals surface area contributed by atoms with E-state index in [-0.39, 0.29) is 6.04 Å². The monoisotopic (exact) mass is 460 g/mol. The molecule has 0 spiro atoms. The molecule has 1 unspecified atom stereocenters. The molecule has 1 aromatic heterocycles. The summed E-state index contributed by atoms with van der Waals surface area (Å²) < 4.78 is 37.0. The number of halogens is 1. The lowest BCUT2D eigenvalue weighted by atomic mass is 10.0. The van der Waals surface area contributed by atoms with Gasteiger partial charge in [0, 0.05) is 29.5 Å². The highest BCUT2D eigenvalue weighted by Crippen LogP contribution is 2.37. The van der Waals surface area contributed by atoms with Crippen molar-refractivity contribution in [2.45, 2.75) is 24.4 Å². The molecule has 7 heteroatoms. The van der Waals surface area contributed by atoms with E-state index in [1.807, 2.05) is 49.5 Å². The molecule has 4 rings (SSSR count). The van der Waals surface area contributed by atoms with E-state index in [1.54, 1.807) is 28.6 Å². The molecule has 146 valence electrons. The first-order valence-electron chi connectivity index (χ1n) is 9.16. The zero-order chi connectivity index (χ0) is 19.7.